The molecule has 0 unspecified atom stereocenters. The van der Waals surface area contributed by atoms with Gasteiger partial charge in [0.2, 0.25) is 5.91 Å². The number of nitrogens with zero attached hydrogens (tertiary/aromatic N) is 4. The maximum absolute atomic E-state index is 12.8. The molecule has 142 valence electrons. The predicted molar refractivity (Wildman–Crippen MR) is 103 cm³/mol. The van der Waals surface area contributed by atoms with Crippen molar-refractivity contribution in [1.29, 1.82) is 0 Å². The van der Waals surface area contributed by atoms with Gasteiger partial charge in [0.05, 0.1) is 24.7 Å². The van der Waals surface area contributed by atoms with Crippen molar-refractivity contribution in [3.63, 3.8) is 0 Å². The molecule has 1 amide bonds. The average Bonchev–Trinajstić information content (AvgIpc) is 3.35. The van der Waals surface area contributed by atoms with E-state index in [0.29, 0.717) is 16.8 Å². The molecule has 28 heavy (non-hydrogen) atoms. The van der Waals surface area contributed by atoms with Crippen LogP contribution in [-0.4, -0.2) is 25.2 Å². The number of aryl methyl sites for hydroxylation is 1. The van der Waals surface area contributed by atoms with Crippen molar-refractivity contribution >= 4 is 16.9 Å². The second-order valence-electron chi connectivity index (χ2n) is 6.55. The highest BCUT2D eigenvalue weighted by atomic mass is 16.3. The molecule has 0 atom stereocenters. The third-order valence-electron chi connectivity index (χ3n) is 4.71. The maximum atomic E-state index is 12.8. The molecular formula is C20H19N5O3. The number of benzene rings is 1. The third-order valence-corrected chi connectivity index (χ3v) is 4.71. The highest BCUT2D eigenvalue weighted by Gasteiger charge is 2.14. The first kappa shape index (κ1) is 17.7. The maximum Gasteiger partial charge on any atom is 0.264 e. The molecule has 0 aliphatic rings. The average molecular weight is 377 g/mol. The molecule has 8 nitrogen and oxygen atoms in total. The Morgan fingerprint density at radius 2 is 2.07 bits per heavy atom. The van der Waals surface area contributed by atoms with Gasteiger partial charge in [-0.1, -0.05) is 12.1 Å². The van der Waals surface area contributed by atoms with E-state index in [2.05, 4.69) is 15.4 Å². The minimum atomic E-state index is -0.310. The Kier molecular flexibility index (Phi) is 4.52. The predicted octanol–water partition coefficient (Wildman–Crippen LogP) is 2.11. The molecule has 1 N–H and O–H groups in total. The van der Waals surface area contributed by atoms with Gasteiger partial charge in [-0.05, 0) is 43.2 Å². The van der Waals surface area contributed by atoms with E-state index in [0.717, 1.165) is 16.8 Å². The minimum absolute atomic E-state index is 0.128. The van der Waals surface area contributed by atoms with Crippen LogP contribution >= 0.6 is 0 Å². The van der Waals surface area contributed by atoms with Crippen molar-refractivity contribution in [3.8, 4) is 5.69 Å². The lowest BCUT2D eigenvalue weighted by atomic mass is 10.1. The Bertz CT molecular complexity index is 1200. The number of furan rings is 1. The first-order valence-corrected chi connectivity index (χ1v) is 8.83. The molecule has 0 spiro atoms. The van der Waals surface area contributed by atoms with Crippen molar-refractivity contribution in [2.75, 3.05) is 0 Å². The van der Waals surface area contributed by atoms with E-state index >= 15 is 0 Å². The van der Waals surface area contributed by atoms with Gasteiger partial charge in [0.15, 0.2) is 5.65 Å². The van der Waals surface area contributed by atoms with Crippen LogP contribution in [0.25, 0.3) is 16.7 Å². The number of hydrogen-bond acceptors (Lipinski definition) is 5. The zero-order valence-electron chi connectivity index (χ0n) is 15.5. The summed E-state index contributed by atoms with van der Waals surface area (Å²) in [5.74, 6) is 0.339. The van der Waals surface area contributed by atoms with Crippen molar-refractivity contribution in [1.82, 2.24) is 24.6 Å². The number of rotatable bonds is 5. The number of hydrogen-bond donors (Lipinski definition) is 1. The van der Waals surface area contributed by atoms with Crippen LogP contribution in [0.4, 0.5) is 0 Å². The fourth-order valence-electron chi connectivity index (χ4n) is 3.01. The molecule has 1 aromatic carbocycles. The number of amides is 1. The lowest BCUT2D eigenvalue weighted by Gasteiger charge is -2.10. The van der Waals surface area contributed by atoms with Crippen LogP contribution < -0.4 is 10.9 Å². The van der Waals surface area contributed by atoms with Crippen LogP contribution in [0.15, 0.2) is 58.3 Å². The Balaban J connectivity index is 1.61. The normalized spacial score (nSPS) is 11.1. The van der Waals surface area contributed by atoms with E-state index in [-0.39, 0.29) is 24.6 Å². The summed E-state index contributed by atoms with van der Waals surface area (Å²) < 4.78 is 8.10. The van der Waals surface area contributed by atoms with Gasteiger partial charge in [0.25, 0.3) is 5.56 Å². The molecule has 0 aliphatic carbocycles. The van der Waals surface area contributed by atoms with Gasteiger partial charge >= 0.3 is 0 Å². The van der Waals surface area contributed by atoms with Gasteiger partial charge < -0.3 is 9.73 Å². The minimum Gasteiger partial charge on any atom is -0.467 e. The topological polar surface area (TPSA) is 95.0 Å². The highest BCUT2D eigenvalue weighted by molar-refractivity contribution is 5.78. The van der Waals surface area contributed by atoms with E-state index < -0.39 is 0 Å². The van der Waals surface area contributed by atoms with Crippen molar-refractivity contribution in [3.05, 3.63) is 76.4 Å². The number of carbonyl (C=O) groups is 1. The van der Waals surface area contributed by atoms with Gasteiger partial charge in [-0.15, -0.1) is 0 Å². The number of nitrogens with one attached hydrogen (secondary N) is 1. The van der Waals surface area contributed by atoms with Gasteiger partial charge in [-0.3, -0.25) is 14.2 Å². The van der Waals surface area contributed by atoms with E-state index in [1.807, 2.05) is 32.0 Å². The lowest BCUT2D eigenvalue weighted by Crippen LogP contribution is -2.32. The Morgan fingerprint density at radius 3 is 2.86 bits per heavy atom. The number of carbonyl (C=O) groups excluding carboxylic acids is 1. The van der Waals surface area contributed by atoms with Gasteiger partial charge in [0.1, 0.15) is 24.0 Å². The monoisotopic (exact) mass is 377 g/mol. The summed E-state index contributed by atoms with van der Waals surface area (Å²) in [4.78, 5) is 29.3. The quantitative estimate of drug-likeness (QED) is 0.575. The SMILES string of the molecule is Cc1cccc(-n2ncc3c(=O)n(CC(=O)NCc4ccco4)cnc32)c1C. The van der Waals surface area contributed by atoms with Crippen LogP contribution in [0, 0.1) is 13.8 Å². The largest absolute Gasteiger partial charge is 0.467 e. The second kappa shape index (κ2) is 7.15. The molecule has 0 aliphatic heterocycles. The Hall–Kier alpha value is -3.68. The molecular weight excluding hydrogens is 358 g/mol. The molecule has 0 radical (unpaired) electrons. The Morgan fingerprint density at radius 1 is 1.21 bits per heavy atom. The second-order valence-corrected chi connectivity index (χ2v) is 6.55. The molecule has 3 heterocycles. The highest BCUT2D eigenvalue weighted by Crippen LogP contribution is 2.19. The number of aromatic nitrogens is 4. The van der Waals surface area contributed by atoms with Gasteiger partial charge in [0, 0.05) is 0 Å². The molecule has 4 rings (SSSR count). The summed E-state index contributed by atoms with van der Waals surface area (Å²) in [5, 5.41) is 7.42. The van der Waals surface area contributed by atoms with E-state index in [4.69, 9.17) is 4.42 Å². The zero-order valence-corrected chi connectivity index (χ0v) is 15.5. The summed E-state index contributed by atoms with van der Waals surface area (Å²) in [6, 6.07) is 9.41. The smallest absolute Gasteiger partial charge is 0.264 e. The third kappa shape index (κ3) is 3.20. The summed E-state index contributed by atoms with van der Waals surface area (Å²) in [6.45, 7) is 4.16. The summed E-state index contributed by atoms with van der Waals surface area (Å²) >= 11 is 0. The van der Waals surface area contributed by atoms with Crippen molar-refractivity contribution < 1.29 is 9.21 Å². The summed E-state index contributed by atoms with van der Waals surface area (Å²) in [5.41, 5.74) is 3.22. The Labute approximate surface area is 160 Å². The van der Waals surface area contributed by atoms with Crippen molar-refractivity contribution in [2.24, 2.45) is 0 Å². The fraction of sp³-hybridized carbons (Fsp3) is 0.200. The first-order valence-electron chi connectivity index (χ1n) is 8.83. The van der Waals surface area contributed by atoms with E-state index in [1.54, 1.807) is 16.8 Å². The van der Waals surface area contributed by atoms with Crippen LogP contribution in [-0.2, 0) is 17.9 Å². The molecule has 8 heteroatoms. The van der Waals surface area contributed by atoms with Gasteiger partial charge in [-0.2, -0.15) is 5.10 Å². The zero-order chi connectivity index (χ0) is 19.7. The van der Waals surface area contributed by atoms with E-state index in [9.17, 15) is 9.59 Å². The van der Waals surface area contributed by atoms with Crippen molar-refractivity contribution in [2.45, 2.75) is 26.9 Å². The molecule has 0 saturated heterocycles. The standard InChI is InChI=1S/C20H19N5O3/c1-13-5-3-7-17(14(13)2)25-19-16(10-23-25)20(27)24(12-22-19)11-18(26)21-9-15-6-4-8-28-15/h3-8,10,12H,9,11H2,1-2H3,(H,21,26). The molecule has 0 fully saturated rings. The van der Waals surface area contributed by atoms with Crippen LogP contribution in [0.5, 0.6) is 0 Å². The first-order chi connectivity index (χ1) is 13.5. The lowest BCUT2D eigenvalue weighted by molar-refractivity contribution is -0.122. The molecule has 0 bridgehead atoms. The molecule has 3 aromatic heterocycles. The van der Waals surface area contributed by atoms with Crippen LogP contribution in [0.2, 0.25) is 0 Å². The molecule has 4 aromatic rings. The van der Waals surface area contributed by atoms with E-state index in [1.165, 1.54) is 23.4 Å². The summed E-state index contributed by atoms with van der Waals surface area (Å²) in [6.07, 6.45) is 4.40. The van der Waals surface area contributed by atoms with Gasteiger partial charge in [-0.25, -0.2) is 9.67 Å². The number of fused-ring (bicyclic) bond motifs is 1. The van der Waals surface area contributed by atoms with Crippen LogP contribution in [0.3, 0.4) is 0 Å². The summed E-state index contributed by atoms with van der Waals surface area (Å²) in [7, 11) is 0. The van der Waals surface area contributed by atoms with Crippen LogP contribution in [0.1, 0.15) is 16.9 Å². The molecule has 0 saturated carbocycles. The fourth-order valence-corrected chi connectivity index (χ4v) is 3.01.